The molecule has 0 amide bonds. The summed E-state index contributed by atoms with van der Waals surface area (Å²) < 4.78 is 29.0. The van der Waals surface area contributed by atoms with E-state index in [4.69, 9.17) is 10.5 Å². The maximum Gasteiger partial charge on any atom is 0.183 e. The molecule has 17 heavy (non-hydrogen) atoms. The third-order valence-electron chi connectivity index (χ3n) is 2.58. The first kappa shape index (κ1) is 14.0. The van der Waals surface area contributed by atoms with Crippen LogP contribution in [-0.2, 0) is 9.84 Å². The third-order valence-corrected chi connectivity index (χ3v) is 4.36. The van der Waals surface area contributed by atoms with Gasteiger partial charge in [0, 0.05) is 6.54 Å². The summed E-state index contributed by atoms with van der Waals surface area (Å²) in [5.74, 6) is 0.657. The summed E-state index contributed by atoms with van der Waals surface area (Å²) in [7, 11) is -1.87. The Labute approximate surface area is 103 Å². The molecule has 0 saturated heterocycles. The Morgan fingerprint density at radius 1 is 1.35 bits per heavy atom. The first-order chi connectivity index (χ1) is 7.92. The Bertz CT molecular complexity index is 481. The van der Waals surface area contributed by atoms with Crippen molar-refractivity contribution in [2.24, 2.45) is 5.73 Å². The van der Waals surface area contributed by atoms with Gasteiger partial charge in [-0.1, -0.05) is 19.9 Å². The smallest absolute Gasteiger partial charge is 0.183 e. The largest absolute Gasteiger partial charge is 0.495 e. The maximum absolute atomic E-state index is 11.9. The van der Waals surface area contributed by atoms with Gasteiger partial charge in [0.2, 0.25) is 0 Å². The van der Waals surface area contributed by atoms with Crippen molar-refractivity contribution in [2.75, 3.05) is 19.4 Å². The molecule has 0 bridgehead atoms. The summed E-state index contributed by atoms with van der Waals surface area (Å²) in [5.41, 5.74) is 6.35. The molecule has 0 aliphatic rings. The number of hydrogen-bond acceptors (Lipinski definition) is 4. The van der Waals surface area contributed by atoms with Gasteiger partial charge in [0.1, 0.15) is 10.6 Å². The molecule has 96 valence electrons. The summed E-state index contributed by atoms with van der Waals surface area (Å²) >= 11 is 0. The molecule has 1 aromatic rings. The van der Waals surface area contributed by atoms with E-state index in [-0.39, 0.29) is 17.2 Å². The van der Waals surface area contributed by atoms with Crippen LogP contribution in [0.3, 0.4) is 0 Å². The van der Waals surface area contributed by atoms with Crippen molar-refractivity contribution in [1.29, 1.82) is 0 Å². The van der Waals surface area contributed by atoms with Gasteiger partial charge in [0.05, 0.1) is 12.9 Å². The minimum absolute atomic E-state index is 0.0651. The van der Waals surface area contributed by atoms with Crippen LogP contribution in [0, 0.1) is 0 Å². The second kappa shape index (κ2) is 5.51. The fourth-order valence-electron chi connectivity index (χ4n) is 1.57. The highest BCUT2D eigenvalue weighted by Gasteiger charge is 2.19. The van der Waals surface area contributed by atoms with E-state index in [1.54, 1.807) is 12.1 Å². The van der Waals surface area contributed by atoms with E-state index in [1.165, 1.54) is 7.11 Å². The summed E-state index contributed by atoms with van der Waals surface area (Å²) in [6.45, 7) is 4.20. The summed E-state index contributed by atoms with van der Waals surface area (Å²) in [6, 6.07) is 5.18. The Hall–Kier alpha value is -1.07. The van der Waals surface area contributed by atoms with Crippen LogP contribution in [0.1, 0.15) is 25.3 Å². The Kier molecular flexibility index (Phi) is 4.54. The molecule has 1 rings (SSSR count). The molecule has 0 radical (unpaired) electrons. The number of hydrogen-bond donors (Lipinski definition) is 1. The van der Waals surface area contributed by atoms with Gasteiger partial charge in [0.15, 0.2) is 9.84 Å². The van der Waals surface area contributed by atoms with Crippen LogP contribution in [0.25, 0.3) is 0 Å². The second-order valence-electron chi connectivity index (χ2n) is 4.17. The van der Waals surface area contributed by atoms with Gasteiger partial charge in [-0.15, -0.1) is 0 Å². The lowest BCUT2D eigenvalue weighted by molar-refractivity contribution is 0.402. The average Bonchev–Trinajstić information content (AvgIpc) is 2.28. The van der Waals surface area contributed by atoms with E-state index >= 15 is 0 Å². The molecule has 0 spiro atoms. The van der Waals surface area contributed by atoms with E-state index in [0.717, 1.165) is 5.56 Å². The van der Waals surface area contributed by atoms with Crippen LogP contribution in [0.15, 0.2) is 23.1 Å². The van der Waals surface area contributed by atoms with Crippen molar-refractivity contribution >= 4 is 9.84 Å². The van der Waals surface area contributed by atoms with E-state index in [0.29, 0.717) is 11.7 Å². The Balaban J connectivity index is 3.27. The Morgan fingerprint density at radius 2 is 2.00 bits per heavy atom. The SMILES string of the molecule is COc1cc(C(C)C)ccc1S(=O)(=O)CCN. The molecule has 5 heteroatoms. The number of ether oxygens (including phenoxy) is 1. The molecule has 0 unspecified atom stereocenters. The molecule has 0 aliphatic heterocycles. The number of methoxy groups -OCH3 is 1. The first-order valence-electron chi connectivity index (χ1n) is 5.53. The van der Waals surface area contributed by atoms with Crippen molar-refractivity contribution < 1.29 is 13.2 Å². The van der Waals surface area contributed by atoms with Crippen LogP contribution in [0.4, 0.5) is 0 Å². The molecule has 0 atom stereocenters. The number of nitrogens with two attached hydrogens (primary N) is 1. The zero-order valence-corrected chi connectivity index (χ0v) is 11.3. The topological polar surface area (TPSA) is 69.4 Å². The second-order valence-corrected chi connectivity index (χ2v) is 6.25. The van der Waals surface area contributed by atoms with Crippen molar-refractivity contribution in [3.05, 3.63) is 23.8 Å². The van der Waals surface area contributed by atoms with Gasteiger partial charge in [-0.2, -0.15) is 0 Å². The highest BCUT2D eigenvalue weighted by Crippen LogP contribution is 2.28. The fourth-order valence-corrected chi connectivity index (χ4v) is 2.82. The van der Waals surface area contributed by atoms with Crippen molar-refractivity contribution in [2.45, 2.75) is 24.7 Å². The molecule has 0 aromatic heterocycles. The minimum Gasteiger partial charge on any atom is -0.495 e. The van der Waals surface area contributed by atoms with Crippen molar-refractivity contribution in [3.63, 3.8) is 0 Å². The van der Waals surface area contributed by atoms with Gasteiger partial charge in [0.25, 0.3) is 0 Å². The lowest BCUT2D eigenvalue weighted by Gasteiger charge is -2.12. The zero-order chi connectivity index (χ0) is 13.1. The van der Waals surface area contributed by atoms with Crippen molar-refractivity contribution in [1.82, 2.24) is 0 Å². The summed E-state index contributed by atoms with van der Waals surface area (Å²) in [4.78, 5) is 0.217. The predicted octanol–water partition coefficient (Wildman–Crippen LogP) is 1.55. The molecule has 4 nitrogen and oxygen atoms in total. The Morgan fingerprint density at radius 3 is 2.47 bits per heavy atom. The van der Waals surface area contributed by atoms with E-state index in [9.17, 15) is 8.42 Å². The molecule has 0 fully saturated rings. The molecule has 2 N–H and O–H groups in total. The van der Waals surface area contributed by atoms with Gasteiger partial charge in [-0.05, 0) is 23.6 Å². The predicted molar refractivity (Wildman–Crippen MR) is 68.2 cm³/mol. The maximum atomic E-state index is 11.9. The van der Waals surface area contributed by atoms with Crippen LogP contribution < -0.4 is 10.5 Å². The molecular weight excluding hydrogens is 238 g/mol. The molecule has 1 aromatic carbocycles. The standard InChI is InChI=1S/C12H19NO3S/c1-9(2)10-4-5-12(11(8-10)16-3)17(14,15)7-6-13/h4-5,8-9H,6-7,13H2,1-3H3. The van der Waals surface area contributed by atoms with Gasteiger partial charge >= 0.3 is 0 Å². The van der Waals surface area contributed by atoms with E-state index < -0.39 is 9.84 Å². The fraction of sp³-hybridized carbons (Fsp3) is 0.500. The van der Waals surface area contributed by atoms with Gasteiger partial charge < -0.3 is 10.5 Å². The number of benzene rings is 1. The third kappa shape index (κ3) is 3.20. The average molecular weight is 257 g/mol. The highest BCUT2D eigenvalue weighted by atomic mass is 32.2. The van der Waals surface area contributed by atoms with Crippen LogP contribution in [0.2, 0.25) is 0 Å². The van der Waals surface area contributed by atoms with Crippen LogP contribution in [0.5, 0.6) is 5.75 Å². The quantitative estimate of drug-likeness (QED) is 0.869. The lowest BCUT2D eigenvalue weighted by atomic mass is 10.0. The lowest BCUT2D eigenvalue weighted by Crippen LogP contribution is -2.16. The normalized spacial score (nSPS) is 11.8. The highest BCUT2D eigenvalue weighted by molar-refractivity contribution is 7.91. The number of rotatable bonds is 5. The van der Waals surface area contributed by atoms with Gasteiger partial charge in [-0.25, -0.2) is 8.42 Å². The molecular formula is C12H19NO3S. The number of sulfone groups is 1. The van der Waals surface area contributed by atoms with Crippen molar-refractivity contribution in [3.8, 4) is 5.75 Å². The zero-order valence-electron chi connectivity index (χ0n) is 10.4. The van der Waals surface area contributed by atoms with Gasteiger partial charge in [-0.3, -0.25) is 0 Å². The minimum atomic E-state index is -3.35. The van der Waals surface area contributed by atoms with Crippen LogP contribution >= 0.6 is 0 Å². The molecule has 0 saturated carbocycles. The molecule has 0 aliphatic carbocycles. The first-order valence-corrected chi connectivity index (χ1v) is 7.18. The van der Waals surface area contributed by atoms with Crippen LogP contribution in [-0.4, -0.2) is 27.8 Å². The summed E-state index contributed by atoms with van der Waals surface area (Å²) in [5, 5.41) is 0. The summed E-state index contributed by atoms with van der Waals surface area (Å²) in [6.07, 6.45) is 0. The molecule has 0 heterocycles. The van der Waals surface area contributed by atoms with E-state index in [2.05, 4.69) is 0 Å². The van der Waals surface area contributed by atoms with E-state index in [1.807, 2.05) is 19.9 Å². The monoisotopic (exact) mass is 257 g/mol.